The molecule has 0 aliphatic carbocycles. The van der Waals surface area contributed by atoms with Gasteiger partial charge in [0, 0.05) is 11.8 Å². The van der Waals surface area contributed by atoms with Crippen LogP contribution in [0.15, 0.2) is 22.7 Å². The first-order valence-electron chi connectivity index (χ1n) is 6.70. The predicted octanol–water partition coefficient (Wildman–Crippen LogP) is 3.18. The van der Waals surface area contributed by atoms with Gasteiger partial charge in [0.25, 0.3) is 0 Å². The van der Waals surface area contributed by atoms with Gasteiger partial charge in [-0.15, -0.1) is 11.8 Å². The zero-order chi connectivity index (χ0) is 17.7. The van der Waals surface area contributed by atoms with E-state index in [4.69, 9.17) is 33.5 Å². The molecule has 24 heavy (non-hydrogen) atoms. The monoisotopic (exact) mass is 388 g/mol. The molecule has 1 heterocycles. The minimum Gasteiger partial charge on any atom is -0.396 e. The maximum Gasteiger partial charge on any atom is 0.235 e. The molecule has 10 heteroatoms. The Morgan fingerprint density at radius 1 is 1.17 bits per heavy atom. The molecule has 7 nitrogen and oxygen atoms in total. The number of anilines is 3. The highest BCUT2D eigenvalue weighted by Crippen LogP contribution is 2.31. The molecule has 1 aromatic carbocycles. The fraction of sp³-hybridized carbons (Fsp3) is 0.214. The summed E-state index contributed by atoms with van der Waals surface area (Å²) in [6.45, 7) is 1.72. The zero-order valence-corrected chi connectivity index (χ0v) is 14.9. The third-order valence-corrected chi connectivity index (χ3v) is 4.28. The van der Waals surface area contributed by atoms with Gasteiger partial charge in [0.1, 0.15) is 5.76 Å². The summed E-state index contributed by atoms with van der Waals surface area (Å²) in [5.74, 6) is 0.557. The topological polar surface area (TPSA) is 110 Å². The van der Waals surface area contributed by atoms with Crippen molar-refractivity contribution < 1.29 is 14.1 Å². The lowest BCUT2D eigenvalue weighted by molar-refractivity contribution is -0.114. The van der Waals surface area contributed by atoms with E-state index in [1.165, 1.54) is 12.1 Å². The smallest absolute Gasteiger partial charge is 0.235 e. The zero-order valence-electron chi connectivity index (χ0n) is 12.6. The molecule has 0 radical (unpaired) electrons. The number of hydrogen-bond donors (Lipinski definition) is 3. The molecule has 0 atom stereocenters. The van der Waals surface area contributed by atoms with Gasteiger partial charge in [-0.25, -0.2) is 0 Å². The fourth-order valence-corrected chi connectivity index (χ4v) is 2.80. The van der Waals surface area contributed by atoms with E-state index in [9.17, 15) is 9.59 Å². The molecular formula is C14H14Cl2N4O3S. The number of halogens is 2. The average molecular weight is 389 g/mol. The number of hydrogen-bond acceptors (Lipinski definition) is 6. The van der Waals surface area contributed by atoms with Crippen molar-refractivity contribution in [2.24, 2.45) is 0 Å². The van der Waals surface area contributed by atoms with E-state index >= 15 is 0 Å². The normalized spacial score (nSPS) is 10.5. The number of nitrogens with two attached hydrogens (primary N) is 1. The molecule has 128 valence electrons. The second kappa shape index (κ2) is 8.27. The van der Waals surface area contributed by atoms with Gasteiger partial charge >= 0.3 is 0 Å². The average Bonchev–Trinajstić information content (AvgIpc) is 2.89. The number of nitrogens with zero attached hydrogens (tertiary/aromatic N) is 1. The number of carbonyl (C=O) groups excluding carboxylic acids is 2. The van der Waals surface area contributed by atoms with Gasteiger partial charge in [0.05, 0.1) is 27.2 Å². The molecule has 1 aromatic heterocycles. The van der Waals surface area contributed by atoms with E-state index in [1.807, 2.05) is 0 Å². The first kappa shape index (κ1) is 18.4. The van der Waals surface area contributed by atoms with Crippen LogP contribution in [0.3, 0.4) is 0 Å². The molecule has 2 amide bonds. The van der Waals surface area contributed by atoms with E-state index in [0.717, 1.165) is 11.8 Å². The number of rotatable bonds is 6. The molecule has 0 aliphatic heterocycles. The van der Waals surface area contributed by atoms with Crippen molar-refractivity contribution in [1.82, 2.24) is 5.16 Å². The standard InChI is InChI=1S/C14H14Cl2N4O3S/c1-7-2-11(20-23-7)19-13(22)6-24-5-12(21)18-8-3-9(15)14(17)10(16)4-8/h2-4H,5-6,17H2,1H3,(H,18,21)(H,19,20,22). The lowest BCUT2D eigenvalue weighted by Crippen LogP contribution is -2.18. The van der Waals surface area contributed by atoms with Crippen molar-refractivity contribution in [3.8, 4) is 0 Å². The molecule has 0 saturated heterocycles. The Labute approximate surface area is 152 Å². The summed E-state index contributed by atoms with van der Waals surface area (Å²) in [6, 6.07) is 4.61. The van der Waals surface area contributed by atoms with E-state index < -0.39 is 0 Å². The van der Waals surface area contributed by atoms with E-state index in [1.54, 1.807) is 13.0 Å². The summed E-state index contributed by atoms with van der Waals surface area (Å²) >= 11 is 12.9. The van der Waals surface area contributed by atoms with Crippen molar-refractivity contribution in [3.63, 3.8) is 0 Å². The van der Waals surface area contributed by atoms with Gasteiger partial charge in [-0.05, 0) is 19.1 Å². The highest BCUT2D eigenvalue weighted by molar-refractivity contribution is 8.00. The predicted molar refractivity (Wildman–Crippen MR) is 96.7 cm³/mol. The van der Waals surface area contributed by atoms with Gasteiger partial charge in [-0.3, -0.25) is 9.59 Å². The third kappa shape index (κ3) is 5.33. The minimum absolute atomic E-state index is 0.0882. The molecule has 0 spiro atoms. The minimum atomic E-state index is -0.290. The molecule has 0 bridgehead atoms. The first-order chi connectivity index (χ1) is 11.3. The summed E-state index contributed by atoms with van der Waals surface area (Å²) in [5, 5.41) is 9.36. The Balaban J connectivity index is 1.76. The van der Waals surface area contributed by atoms with Crippen LogP contribution in [0.4, 0.5) is 17.2 Å². The van der Waals surface area contributed by atoms with Crippen LogP contribution in [0.2, 0.25) is 10.0 Å². The summed E-state index contributed by atoms with van der Waals surface area (Å²) in [7, 11) is 0. The van der Waals surface area contributed by atoms with Crippen LogP contribution in [-0.2, 0) is 9.59 Å². The Morgan fingerprint density at radius 2 is 1.75 bits per heavy atom. The quantitative estimate of drug-likeness (QED) is 0.655. The van der Waals surface area contributed by atoms with Crippen molar-refractivity contribution in [2.75, 3.05) is 27.9 Å². The molecule has 4 N–H and O–H groups in total. The molecular weight excluding hydrogens is 375 g/mol. The number of amides is 2. The summed E-state index contributed by atoms with van der Waals surface area (Å²) in [6.07, 6.45) is 0. The van der Waals surface area contributed by atoms with E-state index in [-0.39, 0.29) is 39.1 Å². The maximum atomic E-state index is 11.9. The molecule has 0 fully saturated rings. The van der Waals surface area contributed by atoms with Crippen molar-refractivity contribution in [2.45, 2.75) is 6.92 Å². The van der Waals surface area contributed by atoms with Gasteiger partial charge in [-0.2, -0.15) is 0 Å². The van der Waals surface area contributed by atoms with Crippen LogP contribution in [0.25, 0.3) is 0 Å². The second-order valence-electron chi connectivity index (χ2n) is 4.77. The SMILES string of the molecule is Cc1cc(NC(=O)CSCC(=O)Nc2cc(Cl)c(N)c(Cl)c2)no1. The van der Waals surface area contributed by atoms with Crippen LogP contribution in [0.1, 0.15) is 5.76 Å². The highest BCUT2D eigenvalue weighted by Gasteiger charge is 2.10. The third-order valence-electron chi connectivity index (χ3n) is 2.72. The lowest BCUT2D eigenvalue weighted by atomic mass is 10.3. The molecule has 0 saturated carbocycles. The number of thioether (sulfide) groups is 1. The van der Waals surface area contributed by atoms with Crippen LogP contribution in [0.5, 0.6) is 0 Å². The number of nitrogen functional groups attached to an aromatic ring is 1. The number of nitrogens with one attached hydrogen (secondary N) is 2. The summed E-state index contributed by atoms with van der Waals surface area (Å²) in [4.78, 5) is 23.5. The Morgan fingerprint density at radius 3 is 2.29 bits per heavy atom. The Kier molecular flexibility index (Phi) is 6.36. The van der Waals surface area contributed by atoms with Gasteiger partial charge in [0.2, 0.25) is 11.8 Å². The first-order valence-corrected chi connectivity index (χ1v) is 8.61. The van der Waals surface area contributed by atoms with Gasteiger partial charge in [-0.1, -0.05) is 28.4 Å². The van der Waals surface area contributed by atoms with Crippen LogP contribution in [-0.4, -0.2) is 28.5 Å². The fourth-order valence-electron chi connectivity index (χ4n) is 1.69. The number of aromatic nitrogens is 1. The van der Waals surface area contributed by atoms with Crippen LogP contribution < -0.4 is 16.4 Å². The van der Waals surface area contributed by atoms with Crippen molar-refractivity contribution in [3.05, 3.63) is 34.0 Å². The van der Waals surface area contributed by atoms with Gasteiger partial charge < -0.3 is 20.9 Å². The highest BCUT2D eigenvalue weighted by atomic mass is 35.5. The molecule has 2 aromatic rings. The van der Waals surface area contributed by atoms with Gasteiger partial charge in [0.15, 0.2) is 5.82 Å². The number of aryl methyl sites for hydroxylation is 1. The Bertz CT molecular complexity index is 743. The van der Waals surface area contributed by atoms with E-state index in [0.29, 0.717) is 17.3 Å². The maximum absolute atomic E-state index is 11.9. The largest absolute Gasteiger partial charge is 0.396 e. The lowest BCUT2D eigenvalue weighted by Gasteiger charge is -2.08. The molecule has 2 rings (SSSR count). The van der Waals surface area contributed by atoms with Crippen molar-refractivity contribution >= 4 is 64.0 Å². The van der Waals surface area contributed by atoms with Crippen LogP contribution >= 0.6 is 35.0 Å². The van der Waals surface area contributed by atoms with Crippen molar-refractivity contribution in [1.29, 1.82) is 0 Å². The van der Waals surface area contributed by atoms with E-state index in [2.05, 4.69) is 15.8 Å². The number of benzene rings is 1. The Hall–Kier alpha value is -1.90. The molecule has 0 unspecified atom stereocenters. The number of carbonyl (C=O) groups is 2. The summed E-state index contributed by atoms with van der Waals surface area (Å²) in [5.41, 5.74) is 6.32. The summed E-state index contributed by atoms with van der Waals surface area (Å²) < 4.78 is 4.84. The molecule has 0 aliphatic rings. The van der Waals surface area contributed by atoms with Crippen LogP contribution in [0, 0.1) is 6.92 Å². The second-order valence-corrected chi connectivity index (χ2v) is 6.57.